The Morgan fingerprint density at radius 1 is 1.07 bits per heavy atom. The average molecular weight is 378 g/mol. The van der Waals surface area contributed by atoms with Crippen LogP contribution in [0.5, 0.6) is 0 Å². The molecular formula is C25H31NO2. The van der Waals surface area contributed by atoms with E-state index in [1.54, 1.807) is 0 Å². The maximum atomic E-state index is 12.0. The van der Waals surface area contributed by atoms with Crippen LogP contribution in [0.4, 0.5) is 0 Å². The number of carbonyl (C=O) groups is 1. The van der Waals surface area contributed by atoms with Crippen molar-refractivity contribution in [3.05, 3.63) is 59.2 Å². The number of esters is 1. The summed E-state index contributed by atoms with van der Waals surface area (Å²) in [5, 5.41) is 1.22. The molecule has 28 heavy (non-hydrogen) atoms. The van der Waals surface area contributed by atoms with Crippen LogP contribution in [0.1, 0.15) is 73.4 Å². The van der Waals surface area contributed by atoms with Gasteiger partial charge < -0.3 is 9.72 Å². The largest absolute Gasteiger partial charge is 0.465 e. The van der Waals surface area contributed by atoms with Crippen molar-refractivity contribution >= 4 is 16.9 Å². The molecule has 0 radical (unpaired) electrons. The van der Waals surface area contributed by atoms with Gasteiger partial charge in [-0.3, -0.25) is 0 Å². The number of nitrogens with one attached hydrogen (secondary N) is 1. The van der Waals surface area contributed by atoms with Gasteiger partial charge in [0.1, 0.15) is 0 Å². The maximum absolute atomic E-state index is 12.0. The summed E-state index contributed by atoms with van der Waals surface area (Å²) in [6.07, 6.45) is 5.95. The Bertz CT molecular complexity index is 954. The second-order valence-electron chi connectivity index (χ2n) is 7.61. The number of aromatic nitrogens is 1. The lowest BCUT2D eigenvalue weighted by molar-refractivity contribution is 0.0601. The Morgan fingerprint density at radius 3 is 2.54 bits per heavy atom. The molecule has 0 aliphatic heterocycles. The lowest BCUT2D eigenvalue weighted by Gasteiger charge is -2.19. The summed E-state index contributed by atoms with van der Waals surface area (Å²) in [6.45, 7) is 6.67. The van der Waals surface area contributed by atoms with Crippen LogP contribution >= 0.6 is 0 Å². The Morgan fingerprint density at radius 2 is 1.86 bits per heavy atom. The van der Waals surface area contributed by atoms with E-state index in [-0.39, 0.29) is 5.97 Å². The number of hydrogen-bond donors (Lipinski definition) is 1. The first-order valence-electron chi connectivity index (χ1n) is 10.4. The van der Waals surface area contributed by atoms with E-state index in [1.165, 1.54) is 60.6 Å². The number of aromatic amines is 1. The minimum absolute atomic E-state index is 0.299. The second kappa shape index (κ2) is 9.09. The lowest BCUT2D eigenvalue weighted by atomic mass is 9.85. The van der Waals surface area contributed by atoms with Gasteiger partial charge in [0.05, 0.1) is 18.4 Å². The standard InChI is InChI=1S/C25H31NO2/c1-5-7-12-18(10-6-2)23-21-15-14-19(25(27)28-4)16-22(21)26-24(23)20-13-9-8-11-17(20)3/h8-9,11,13-16,18,26H,5-7,10,12H2,1-4H3. The molecule has 1 N–H and O–H groups in total. The number of carbonyl (C=O) groups excluding carboxylic acids is 1. The highest BCUT2D eigenvalue weighted by molar-refractivity contribution is 5.98. The van der Waals surface area contributed by atoms with Crippen LogP contribution in [0, 0.1) is 6.92 Å². The second-order valence-corrected chi connectivity index (χ2v) is 7.61. The summed E-state index contributed by atoms with van der Waals surface area (Å²) in [4.78, 5) is 15.7. The summed E-state index contributed by atoms with van der Waals surface area (Å²) >= 11 is 0. The fraction of sp³-hybridized carbons (Fsp3) is 0.400. The Hall–Kier alpha value is -2.55. The zero-order chi connectivity index (χ0) is 20.1. The minimum atomic E-state index is -0.299. The number of H-pyrrole nitrogens is 1. The maximum Gasteiger partial charge on any atom is 0.337 e. The molecule has 1 heterocycles. The molecule has 0 aliphatic rings. The third-order valence-electron chi connectivity index (χ3n) is 5.63. The topological polar surface area (TPSA) is 42.1 Å². The van der Waals surface area contributed by atoms with Gasteiger partial charge in [-0.1, -0.05) is 63.4 Å². The summed E-state index contributed by atoms with van der Waals surface area (Å²) in [5.41, 5.74) is 6.69. The molecule has 3 aromatic rings. The number of benzene rings is 2. The fourth-order valence-corrected chi connectivity index (χ4v) is 4.19. The lowest BCUT2D eigenvalue weighted by Crippen LogP contribution is -2.02. The van der Waals surface area contributed by atoms with Crippen LogP contribution in [0.15, 0.2) is 42.5 Å². The van der Waals surface area contributed by atoms with Gasteiger partial charge in [0.15, 0.2) is 0 Å². The Kier molecular flexibility index (Phi) is 6.56. The molecule has 0 bridgehead atoms. The molecular weight excluding hydrogens is 346 g/mol. The van der Waals surface area contributed by atoms with Gasteiger partial charge in [-0.25, -0.2) is 4.79 Å². The molecule has 0 amide bonds. The van der Waals surface area contributed by atoms with Gasteiger partial charge in [0.25, 0.3) is 0 Å². The Labute approximate surface area is 168 Å². The molecule has 3 nitrogen and oxygen atoms in total. The number of hydrogen-bond acceptors (Lipinski definition) is 2. The van der Waals surface area contributed by atoms with Crippen LogP contribution in [0.3, 0.4) is 0 Å². The van der Waals surface area contributed by atoms with Gasteiger partial charge in [0.2, 0.25) is 0 Å². The van der Waals surface area contributed by atoms with Crippen LogP contribution in [-0.2, 0) is 4.74 Å². The minimum Gasteiger partial charge on any atom is -0.465 e. The summed E-state index contributed by atoms with van der Waals surface area (Å²) in [7, 11) is 1.42. The molecule has 1 atom stereocenters. The SMILES string of the molecule is CCCCC(CCC)c1c(-c2ccccc2C)[nH]c2cc(C(=O)OC)ccc12. The van der Waals surface area contributed by atoms with E-state index in [0.717, 1.165) is 11.9 Å². The number of fused-ring (bicyclic) bond motifs is 1. The number of rotatable bonds is 8. The highest BCUT2D eigenvalue weighted by Crippen LogP contribution is 2.41. The third kappa shape index (κ3) is 3.99. The van der Waals surface area contributed by atoms with Crippen molar-refractivity contribution in [1.29, 1.82) is 0 Å². The highest BCUT2D eigenvalue weighted by atomic mass is 16.5. The molecule has 3 rings (SSSR count). The number of unbranched alkanes of at least 4 members (excludes halogenated alkanes) is 1. The monoisotopic (exact) mass is 377 g/mol. The highest BCUT2D eigenvalue weighted by Gasteiger charge is 2.22. The van der Waals surface area contributed by atoms with E-state index in [1.807, 2.05) is 12.1 Å². The van der Waals surface area contributed by atoms with E-state index in [0.29, 0.717) is 11.5 Å². The van der Waals surface area contributed by atoms with Crippen LogP contribution < -0.4 is 0 Å². The van der Waals surface area contributed by atoms with E-state index in [9.17, 15) is 4.79 Å². The quantitative estimate of drug-likeness (QED) is 0.429. The first kappa shape index (κ1) is 20.2. The van der Waals surface area contributed by atoms with Gasteiger partial charge in [-0.05, 0) is 48.9 Å². The molecule has 1 unspecified atom stereocenters. The number of ether oxygens (including phenoxy) is 1. The van der Waals surface area contributed by atoms with E-state index in [4.69, 9.17) is 4.74 Å². The summed E-state index contributed by atoms with van der Waals surface area (Å²) in [6, 6.07) is 14.4. The van der Waals surface area contributed by atoms with Crippen molar-refractivity contribution in [3.63, 3.8) is 0 Å². The molecule has 0 fully saturated rings. The molecule has 0 saturated heterocycles. The molecule has 3 heteroatoms. The van der Waals surface area contributed by atoms with E-state index >= 15 is 0 Å². The van der Waals surface area contributed by atoms with Crippen molar-refractivity contribution in [2.45, 2.75) is 58.8 Å². The molecule has 0 saturated carbocycles. The van der Waals surface area contributed by atoms with Gasteiger partial charge in [-0.15, -0.1) is 0 Å². The zero-order valence-electron chi connectivity index (χ0n) is 17.5. The molecule has 0 aliphatic carbocycles. The first-order valence-corrected chi connectivity index (χ1v) is 10.4. The fourth-order valence-electron chi connectivity index (χ4n) is 4.19. The normalized spacial score (nSPS) is 12.3. The summed E-state index contributed by atoms with van der Waals surface area (Å²) in [5.74, 6) is 0.212. The predicted molar refractivity (Wildman–Crippen MR) is 117 cm³/mol. The van der Waals surface area contributed by atoms with Crippen molar-refractivity contribution < 1.29 is 9.53 Å². The summed E-state index contributed by atoms with van der Waals surface area (Å²) < 4.78 is 4.91. The van der Waals surface area contributed by atoms with Crippen LogP contribution in [0.2, 0.25) is 0 Å². The predicted octanol–water partition coefficient (Wildman–Crippen LogP) is 7.00. The van der Waals surface area contributed by atoms with Gasteiger partial charge in [-0.2, -0.15) is 0 Å². The van der Waals surface area contributed by atoms with E-state index in [2.05, 4.69) is 56.1 Å². The molecule has 148 valence electrons. The Balaban J connectivity index is 2.23. The van der Waals surface area contributed by atoms with Gasteiger partial charge in [0, 0.05) is 16.5 Å². The molecule has 0 spiro atoms. The van der Waals surface area contributed by atoms with Crippen molar-refractivity contribution in [2.24, 2.45) is 0 Å². The number of aryl methyl sites for hydroxylation is 1. The smallest absolute Gasteiger partial charge is 0.337 e. The van der Waals surface area contributed by atoms with Crippen LogP contribution in [-0.4, -0.2) is 18.1 Å². The van der Waals surface area contributed by atoms with Crippen molar-refractivity contribution in [3.8, 4) is 11.3 Å². The van der Waals surface area contributed by atoms with Crippen LogP contribution in [0.25, 0.3) is 22.2 Å². The van der Waals surface area contributed by atoms with Crippen molar-refractivity contribution in [1.82, 2.24) is 4.98 Å². The molecule has 1 aromatic heterocycles. The van der Waals surface area contributed by atoms with E-state index < -0.39 is 0 Å². The van der Waals surface area contributed by atoms with Gasteiger partial charge >= 0.3 is 5.97 Å². The first-order chi connectivity index (χ1) is 13.6. The number of methoxy groups -OCH3 is 1. The molecule has 2 aromatic carbocycles. The van der Waals surface area contributed by atoms with Crippen molar-refractivity contribution in [2.75, 3.05) is 7.11 Å². The zero-order valence-corrected chi connectivity index (χ0v) is 17.5. The average Bonchev–Trinajstić information content (AvgIpc) is 3.09. The third-order valence-corrected chi connectivity index (χ3v) is 5.63.